The SMILES string of the molecule is Cc1c2c(nn1-c1nnc(-c3ccc(OC(C)C)c(C#N)c3)s1)CCN(CC(=O)NC(C)(C)CO)C2. The van der Waals surface area contributed by atoms with E-state index in [0.29, 0.717) is 28.0 Å². The van der Waals surface area contributed by atoms with Gasteiger partial charge in [0.15, 0.2) is 0 Å². The first-order valence-electron chi connectivity index (χ1n) is 11.9. The van der Waals surface area contributed by atoms with Crippen molar-refractivity contribution in [3.05, 3.63) is 40.7 Å². The second-order valence-electron chi connectivity index (χ2n) is 9.85. The van der Waals surface area contributed by atoms with Crippen LogP contribution < -0.4 is 10.1 Å². The number of carbonyl (C=O) groups excluding carboxylic acids is 1. The van der Waals surface area contributed by atoms with Crippen LogP contribution in [-0.2, 0) is 17.8 Å². The van der Waals surface area contributed by atoms with E-state index >= 15 is 0 Å². The minimum atomic E-state index is -0.649. The Bertz CT molecular complexity index is 1310. The molecule has 1 aromatic carbocycles. The fraction of sp³-hybridized carbons (Fsp3) is 0.480. The van der Waals surface area contributed by atoms with Crippen molar-refractivity contribution in [2.75, 3.05) is 19.7 Å². The van der Waals surface area contributed by atoms with E-state index in [9.17, 15) is 15.2 Å². The molecule has 36 heavy (non-hydrogen) atoms. The lowest BCUT2D eigenvalue weighted by Gasteiger charge is -2.29. The highest BCUT2D eigenvalue weighted by molar-refractivity contribution is 7.17. The van der Waals surface area contributed by atoms with Crippen molar-refractivity contribution in [2.24, 2.45) is 0 Å². The van der Waals surface area contributed by atoms with Gasteiger partial charge in [0, 0.05) is 36.3 Å². The molecule has 0 spiro atoms. The third-order valence-corrected chi connectivity index (χ3v) is 6.86. The number of amides is 1. The molecule has 1 amide bonds. The van der Waals surface area contributed by atoms with Crippen molar-refractivity contribution in [3.8, 4) is 27.5 Å². The van der Waals surface area contributed by atoms with Crippen LogP contribution in [0.2, 0.25) is 0 Å². The zero-order valence-electron chi connectivity index (χ0n) is 21.2. The van der Waals surface area contributed by atoms with E-state index in [-0.39, 0.29) is 25.2 Å². The lowest BCUT2D eigenvalue weighted by atomic mass is 10.1. The molecule has 190 valence electrons. The summed E-state index contributed by atoms with van der Waals surface area (Å²) in [6, 6.07) is 7.63. The number of hydrogen-bond acceptors (Lipinski definition) is 9. The summed E-state index contributed by atoms with van der Waals surface area (Å²) in [6.45, 7) is 10.9. The number of rotatable bonds is 8. The number of aliphatic hydroxyl groups is 1. The van der Waals surface area contributed by atoms with E-state index < -0.39 is 5.54 Å². The third-order valence-electron chi connectivity index (χ3n) is 5.92. The van der Waals surface area contributed by atoms with Crippen molar-refractivity contribution in [1.82, 2.24) is 30.2 Å². The lowest BCUT2D eigenvalue weighted by molar-refractivity contribution is -0.124. The highest BCUT2D eigenvalue weighted by Crippen LogP contribution is 2.31. The van der Waals surface area contributed by atoms with Gasteiger partial charge < -0.3 is 15.2 Å². The Kier molecular flexibility index (Phi) is 7.40. The quantitative estimate of drug-likeness (QED) is 0.474. The van der Waals surface area contributed by atoms with Crippen molar-refractivity contribution < 1.29 is 14.6 Å². The van der Waals surface area contributed by atoms with E-state index in [2.05, 4.69) is 26.5 Å². The Morgan fingerprint density at radius 2 is 2.14 bits per heavy atom. The van der Waals surface area contributed by atoms with Gasteiger partial charge in [0.1, 0.15) is 16.8 Å². The summed E-state index contributed by atoms with van der Waals surface area (Å²) in [5, 5.41) is 36.6. The van der Waals surface area contributed by atoms with Gasteiger partial charge in [-0.05, 0) is 52.8 Å². The Morgan fingerprint density at radius 3 is 2.83 bits per heavy atom. The number of nitriles is 1. The minimum absolute atomic E-state index is 0.0254. The van der Waals surface area contributed by atoms with Gasteiger partial charge in [-0.1, -0.05) is 11.3 Å². The maximum atomic E-state index is 12.4. The molecule has 0 atom stereocenters. The van der Waals surface area contributed by atoms with Gasteiger partial charge in [0.05, 0.1) is 36.1 Å². The predicted molar refractivity (Wildman–Crippen MR) is 136 cm³/mol. The van der Waals surface area contributed by atoms with Crippen molar-refractivity contribution in [1.29, 1.82) is 5.26 Å². The molecule has 2 N–H and O–H groups in total. The molecule has 3 heterocycles. The summed E-state index contributed by atoms with van der Waals surface area (Å²) in [7, 11) is 0. The lowest BCUT2D eigenvalue weighted by Crippen LogP contribution is -2.50. The predicted octanol–water partition coefficient (Wildman–Crippen LogP) is 2.60. The molecule has 0 saturated heterocycles. The standard InChI is InChI=1S/C25H31N7O3S/c1-15(2)35-21-7-6-17(10-18(21)11-26)23-28-29-24(36-23)32-16(3)19-12-31(9-8-20(19)30-32)13-22(34)27-25(4,5)14-33/h6-7,10,15,33H,8-9,12-14H2,1-5H3,(H,27,34). The van der Waals surface area contributed by atoms with Crippen LogP contribution in [-0.4, -0.2) is 67.2 Å². The van der Waals surface area contributed by atoms with Crippen molar-refractivity contribution in [3.63, 3.8) is 0 Å². The van der Waals surface area contributed by atoms with Crippen LogP contribution in [0, 0.1) is 18.3 Å². The average Bonchev–Trinajstić information content (AvgIpc) is 3.43. The molecule has 0 saturated carbocycles. The van der Waals surface area contributed by atoms with Gasteiger partial charge in [-0.2, -0.15) is 10.4 Å². The normalized spacial score (nSPS) is 13.9. The second-order valence-corrected chi connectivity index (χ2v) is 10.8. The Morgan fingerprint density at radius 1 is 1.36 bits per heavy atom. The van der Waals surface area contributed by atoms with Crippen LogP contribution in [0.4, 0.5) is 0 Å². The number of carbonyl (C=O) groups is 1. The highest BCUT2D eigenvalue weighted by atomic mass is 32.1. The number of ether oxygens (including phenoxy) is 1. The average molecular weight is 510 g/mol. The van der Waals surface area contributed by atoms with Crippen LogP contribution in [0.3, 0.4) is 0 Å². The number of aromatic nitrogens is 4. The Hall–Kier alpha value is -3.33. The second kappa shape index (κ2) is 10.3. The van der Waals surface area contributed by atoms with Crippen LogP contribution in [0.15, 0.2) is 18.2 Å². The monoisotopic (exact) mass is 509 g/mol. The first-order valence-corrected chi connectivity index (χ1v) is 12.7. The van der Waals surface area contributed by atoms with Crippen LogP contribution in [0.5, 0.6) is 5.75 Å². The van der Waals surface area contributed by atoms with Gasteiger partial charge in [0.2, 0.25) is 11.0 Å². The molecule has 11 heteroatoms. The fourth-order valence-electron chi connectivity index (χ4n) is 4.07. The first-order chi connectivity index (χ1) is 17.1. The van der Waals surface area contributed by atoms with Crippen LogP contribution >= 0.6 is 11.3 Å². The number of nitrogens with zero attached hydrogens (tertiary/aromatic N) is 6. The molecule has 3 aromatic rings. The van der Waals surface area contributed by atoms with E-state index in [4.69, 9.17) is 9.84 Å². The summed E-state index contributed by atoms with van der Waals surface area (Å²) in [5.74, 6) is 0.438. The third kappa shape index (κ3) is 5.56. The summed E-state index contributed by atoms with van der Waals surface area (Å²) in [6.07, 6.45) is 0.705. The first kappa shape index (κ1) is 25.8. The van der Waals surface area contributed by atoms with Crippen molar-refractivity contribution in [2.45, 2.75) is 59.2 Å². The van der Waals surface area contributed by atoms with E-state index in [1.807, 2.05) is 31.5 Å². The van der Waals surface area contributed by atoms with Gasteiger partial charge >= 0.3 is 0 Å². The van der Waals surface area contributed by atoms with Gasteiger partial charge in [-0.3, -0.25) is 9.69 Å². The zero-order valence-corrected chi connectivity index (χ0v) is 22.0. The molecule has 4 rings (SSSR count). The number of benzene rings is 1. The van der Waals surface area contributed by atoms with Gasteiger partial charge in [-0.15, -0.1) is 10.2 Å². The number of aliphatic hydroxyl groups excluding tert-OH is 1. The number of nitrogens with one attached hydrogen (secondary N) is 1. The molecule has 1 aliphatic rings. The highest BCUT2D eigenvalue weighted by Gasteiger charge is 2.27. The maximum Gasteiger partial charge on any atom is 0.234 e. The Balaban J connectivity index is 1.51. The van der Waals surface area contributed by atoms with Crippen LogP contribution in [0.1, 0.15) is 50.2 Å². The molecule has 0 bridgehead atoms. The summed E-state index contributed by atoms with van der Waals surface area (Å²) in [5.41, 5.74) is 3.66. The molecular weight excluding hydrogens is 478 g/mol. The molecule has 0 aliphatic carbocycles. The topological polar surface area (TPSA) is 129 Å². The zero-order chi connectivity index (χ0) is 26.0. The summed E-state index contributed by atoms with van der Waals surface area (Å²) < 4.78 is 7.53. The van der Waals surface area contributed by atoms with Gasteiger partial charge in [0.25, 0.3) is 0 Å². The Labute approximate surface area is 214 Å². The van der Waals surface area contributed by atoms with E-state index in [1.165, 1.54) is 11.3 Å². The van der Waals surface area contributed by atoms with E-state index in [0.717, 1.165) is 35.5 Å². The molecule has 0 fully saturated rings. The van der Waals surface area contributed by atoms with E-state index in [1.54, 1.807) is 26.0 Å². The van der Waals surface area contributed by atoms with Gasteiger partial charge in [-0.25, -0.2) is 4.68 Å². The largest absolute Gasteiger partial charge is 0.490 e. The summed E-state index contributed by atoms with van der Waals surface area (Å²) in [4.78, 5) is 14.5. The summed E-state index contributed by atoms with van der Waals surface area (Å²) >= 11 is 1.40. The number of hydrogen-bond donors (Lipinski definition) is 2. The molecule has 0 unspecified atom stereocenters. The molecule has 10 nitrogen and oxygen atoms in total. The smallest absolute Gasteiger partial charge is 0.234 e. The van der Waals surface area contributed by atoms with Crippen LogP contribution in [0.25, 0.3) is 15.7 Å². The molecule has 2 aromatic heterocycles. The molecule has 0 radical (unpaired) electrons. The minimum Gasteiger partial charge on any atom is -0.490 e. The number of fused-ring (bicyclic) bond motifs is 1. The maximum absolute atomic E-state index is 12.4. The van der Waals surface area contributed by atoms with Crippen molar-refractivity contribution >= 4 is 17.2 Å². The fourth-order valence-corrected chi connectivity index (χ4v) is 4.92. The molecule has 1 aliphatic heterocycles. The molecular formula is C25H31N7O3S.